The summed E-state index contributed by atoms with van der Waals surface area (Å²) in [5.41, 5.74) is 2.62. The van der Waals surface area contributed by atoms with Gasteiger partial charge in [0.25, 0.3) is 0 Å². The maximum atomic E-state index is 8.76. The number of nitrogens with zero attached hydrogens (tertiary/aromatic N) is 2. The van der Waals surface area contributed by atoms with Gasteiger partial charge in [0.05, 0.1) is 17.8 Å². The number of benzene rings is 1. The van der Waals surface area contributed by atoms with E-state index in [-0.39, 0.29) is 0 Å². The molecule has 0 radical (unpaired) electrons. The van der Waals surface area contributed by atoms with Crippen molar-refractivity contribution < 1.29 is 4.52 Å². The van der Waals surface area contributed by atoms with E-state index in [1.807, 2.05) is 12.1 Å². The summed E-state index contributed by atoms with van der Waals surface area (Å²) in [7, 11) is 0. The Morgan fingerprint density at radius 1 is 1.33 bits per heavy atom. The van der Waals surface area contributed by atoms with E-state index >= 15 is 0 Å². The van der Waals surface area contributed by atoms with Crippen LogP contribution in [0.15, 0.2) is 35.0 Å². The molecule has 0 aliphatic rings. The second-order valence-corrected chi connectivity index (χ2v) is 4.05. The maximum absolute atomic E-state index is 8.76. The fraction of sp³-hybridized carbons (Fsp3) is 0.286. The third kappa shape index (κ3) is 2.76. The van der Waals surface area contributed by atoms with Gasteiger partial charge in [0.2, 0.25) is 0 Å². The molecule has 92 valence electrons. The van der Waals surface area contributed by atoms with E-state index in [1.54, 1.807) is 18.3 Å². The molecule has 1 heterocycles. The molecule has 4 nitrogen and oxygen atoms in total. The van der Waals surface area contributed by atoms with Crippen LogP contribution in [0.2, 0.25) is 0 Å². The monoisotopic (exact) mass is 241 g/mol. The molecule has 0 atom stereocenters. The van der Waals surface area contributed by atoms with E-state index in [4.69, 9.17) is 9.78 Å². The molecular formula is C14H15N3O. The van der Waals surface area contributed by atoms with Crippen LogP contribution < -0.4 is 5.32 Å². The Morgan fingerprint density at radius 3 is 2.78 bits per heavy atom. The van der Waals surface area contributed by atoms with Crippen LogP contribution in [0, 0.1) is 11.3 Å². The van der Waals surface area contributed by atoms with Crippen molar-refractivity contribution >= 4 is 0 Å². The minimum Gasteiger partial charge on any atom is -0.356 e. The topological polar surface area (TPSA) is 61.9 Å². The average molecular weight is 241 g/mol. The van der Waals surface area contributed by atoms with E-state index in [0.717, 1.165) is 36.4 Å². The highest BCUT2D eigenvalue weighted by atomic mass is 16.5. The van der Waals surface area contributed by atoms with Crippen LogP contribution in [0.3, 0.4) is 0 Å². The van der Waals surface area contributed by atoms with Crippen LogP contribution in [0.5, 0.6) is 0 Å². The molecule has 0 bridgehead atoms. The molecule has 0 fully saturated rings. The van der Waals surface area contributed by atoms with Crippen molar-refractivity contribution in [3.8, 4) is 17.4 Å². The molecular weight excluding hydrogens is 226 g/mol. The molecule has 4 heteroatoms. The molecule has 1 aromatic carbocycles. The Hall–Kier alpha value is -2.12. The first-order valence-corrected chi connectivity index (χ1v) is 6.00. The molecule has 0 amide bonds. The largest absolute Gasteiger partial charge is 0.356 e. The minimum atomic E-state index is 0.643. The smallest absolute Gasteiger partial charge is 0.171 e. The first-order valence-electron chi connectivity index (χ1n) is 6.00. The molecule has 2 aromatic rings. The van der Waals surface area contributed by atoms with Crippen molar-refractivity contribution in [2.24, 2.45) is 0 Å². The first kappa shape index (κ1) is 12.3. The second kappa shape index (κ2) is 5.99. The Labute approximate surface area is 106 Å². The zero-order valence-corrected chi connectivity index (χ0v) is 10.3. The van der Waals surface area contributed by atoms with Gasteiger partial charge in [-0.2, -0.15) is 5.26 Å². The number of nitrogens with one attached hydrogen (secondary N) is 1. The van der Waals surface area contributed by atoms with Crippen LogP contribution in [-0.2, 0) is 6.54 Å². The van der Waals surface area contributed by atoms with Crippen molar-refractivity contribution in [3.63, 3.8) is 0 Å². The van der Waals surface area contributed by atoms with E-state index in [2.05, 4.69) is 23.5 Å². The Morgan fingerprint density at radius 2 is 2.11 bits per heavy atom. The van der Waals surface area contributed by atoms with Crippen molar-refractivity contribution in [3.05, 3.63) is 41.6 Å². The lowest BCUT2D eigenvalue weighted by atomic mass is 10.1. The quantitative estimate of drug-likeness (QED) is 0.817. The van der Waals surface area contributed by atoms with Gasteiger partial charge in [0.15, 0.2) is 5.76 Å². The summed E-state index contributed by atoms with van der Waals surface area (Å²) < 4.78 is 5.28. The number of nitriles is 1. The van der Waals surface area contributed by atoms with Crippen LogP contribution in [-0.4, -0.2) is 11.7 Å². The predicted octanol–water partition coefficient (Wildman–Crippen LogP) is 2.71. The molecule has 1 N–H and O–H groups in total. The van der Waals surface area contributed by atoms with E-state index in [9.17, 15) is 0 Å². The maximum Gasteiger partial charge on any atom is 0.171 e. The van der Waals surface area contributed by atoms with Gasteiger partial charge in [-0.25, -0.2) is 0 Å². The first-order chi connectivity index (χ1) is 8.85. The number of hydrogen-bond donors (Lipinski definition) is 1. The fourth-order valence-corrected chi connectivity index (χ4v) is 1.72. The molecule has 0 unspecified atom stereocenters. The van der Waals surface area contributed by atoms with E-state index < -0.39 is 0 Å². The van der Waals surface area contributed by atoms with E-state index in [0.29, 0.717) is 5.56 Å². The number of aromatic nitrogens is 1. The van der Waals surface area contributed by atoms with Crippen molar-refractivity contribution in [2.45, 2.75) is 19.9 Å². The van der Waals surface area contributed by atoms with Gasteiger partial charge in [0, 0.05) is 17.7 Å². The van der Waals surface area contributed by atoms with Gasteiger partial charge in [-0.15, -0.1) is 0 Å². The number of hydrogen-bond acceptors (Lipinski definition) is 4. The lowest BCUT2D eigenvalue weighted by molar-refractivity contribution is 0.431. The lowest BCUT2D eigenvalue weighted by Crippen LogP contribution is -2.13. The zero-order chi connectivity index (χ0) is 12.8. The van der Waals surface area contributed by atoms with Gasteiger partial charge >= 0.3 is 0 Å². The highest BCUT2D eigenvalue weighted by Crippen LogP contribution is 2.23. The predicted molar refractivity (Wildman–Crippen MR) is 68.7 cm³/mol. The van der Waals surface area contributed by atoms with Crippen LogP contribution in [0.4, 0.5) is 0 Å². The third-order valence-electron chi connectivity index (χ3n) is 2.66. The van der Waals surface area contributed by atoms with Gasteiger partial charge in [-0.1, -0.05) is 12.1 Å². The third-order valence-corrected chi connectivity index (χ3v) is 2.66. The van der Waals surface area contributed by atoms with E-state index in [1.165, 1.54) is 0 Å². The summed E-state index contributed by atoms with van der Waals surface area (Å²) in [6.45, 7) is 3.84. The Balaban J connectivity index is 2.17. The van der Waals surface area contributed by atoms with Gasteiger partial charge in [-0.3, -0.25) is 0 Å². The molecule has 0 saturated carbocycles. The fourth-order valence-electron chi connectivity index (χ4n) is 1.72. The normalized spacial score (nSPS) is 10.2. The highest BCUT2D eigenvalue weighted by Gasteiger charge is 2.10. The zero-order valence-electron chi connectivity index (χ0n) is 10.3. The SMILES string of the molecule is CCCNCc1cnoc1-c1ccc(C#N)cc1. The van der Waals surface area contributed by atoms with Crippen LogP contribution in [0.25, 0.3) is 11.3 Å². The molecule has 0 saturated heterocycles. The molecule has 0 spiro atoms. The molecule has 18 heavy (non-hydrogen) atoms. The summed E-state index contributed by atoms with van der Waals surface area (Å²) in [4.78, 5) is 0. The van der Waals surface area contributed by atoms with Crippen molar-refractivity contribution in [1.29, 1.82) is 5.26 Å². The number of rotatable bonds is 5. The second-order valence-electron chi connectivity index (χ2n) is 4.05. The van der Waals surface area contributed by atoms with Gasteiger partial charge < -0.3 is 9.84 Å². The van der Waals surface area contributed by atoms with Gasteiger partial charge in [-0.05, 0) is 37.2 Å². The highest BCUT2D eigenvalue weighted by molar-refractivity contribution is 5.61. The lowest BCUT2D eigenvalue weighted by Gasteiger charge is -2.03. The summed E-state index contributed by atoms with van der Waals surface area (Å²) in [6, 6.07) is 9.41. The Kier molecular flexibility index (Phi) is 4.11. The minimum absolute atomic E-state index is 0.643. The molecule has 1 aromatic heterocycles. The van der Waals surface area contributed by atoms with Crippen molar-refractivity contribution in [2.75, 3.05) is 6.54 Å². The summed E-state index contributed by atoms with van der Waals surface area (Å²) >= 11 is 0. The van der Waals surface area contributed by atoms with Crippen molar-refractivity contribution in [1.82, 2.24) is 10.5 Å². The van der Waals surface area contributed by atoms with Gasteiger partial charge in [0.1, 0.15) is 0 Å². The van der Waals surface area contributed by atoms with Crippen LogP contribution in [0.1, 0.15) is 24.5 Å². The summed E-state index contributed by atoms with van der Waals surface area (Å²) in [5.74, 6) is 0.767. The Bertz CT molecular complexity index is 537. The molecule has 0 aliphatic heterocycles. The van der Waals surface area contributed by atoms with Crippen LogP contribution >= 0.6 is 0 Å². The summed E-state index contributed by atoms with van der Waals surface area (Å²) in [5, 5.41) is 15.9. The standard InChI is InChI=1S/C14H15N3O/c1-2-7-16-9-13-10-17-18-14(13)12-5-3-11(8-15)4-6-12/h3-6,10,16H,2,7,9H2,1H3. The average Bonchev–Trinajstić information content (AvgIpc) is 2.88. The molecule has 0 aliphatic carbocycles. The molecule has 2 rings (SSSR count). The summed E-state index contributed by atoms with van der Waals surface area (Å²) in [6.07, 6.45) is 2.83.